The molecule has 2 heterocycles. The summed E-state index contributed by atoms with van der Waals surface area (Å²) >= 11 is 1.86. The van der Waals surface area contributed by atoms with Crippen LogP contribution in [0.15, 0.2) is 48.5 Å². The van der Waals surface area contributed by atoms with Gasteiger partial charge in [-0.15, -0.1) is 0 Å². The van der Waals surface area contributed by atoms with Crippen molar-refractivity contribution in [2.24, 2.45) is 0 Å². The van der Waals surface area contributed by atoms with E-state index in [1.807, 2.05) is 11.9 Å². The van der Waals surface area contributed by atoms with Crippen LogP contribution in [0.1, 0.15) is 20.3 Å². The molecule has 1 aliphatic heterocycles. The van der Waals surface area contributed by atoms with Crippen molar-refractivity contribution in [3.63, 3.8) is 0 Å². The molecule has 2 aromatic carbocycles. The third-order valence-corrected chi connectivity index (χ3v) is 6.68. The Morgan fingerprint density at radius 2 is 1.62 bits per heavy atom. The molecule has 3 aromatic rings. The molecule has 0 saturated carbocycles. The molecule has 1 aliphatic rings. The molecule has 1 fully saturated rings. The minimum absolute atomic E-state index is 0.242. The number of hydrogen-bond donors (Lipinski definition) is 1. The van der Waals surface area contributed by atoms with Crippen molar-refractivity contribution in [1.82, 2.24) is 8.87 Å². The van der Waals surface area contributed by atoms with E-state index >= 15 is 0 Å². The molecule has 4 heteroatoms. The molecule has 0 amide bonds. The molecular weight excluding hydrogens is 316 g/mol. The van der Waals surface area contributed by atoms with Gasteiger partial charge >= 0.3 is 0 Å². The van der Waals surface area contributed by atoms with E-state index in [1.54, 1.807) is 0 Å². The lowest BCUT2D eigenvalue weighted by Gasteiger charge is -2.38. The Labute approximate surface area is 147 Å². The van der Waals surface area contributed by atoms with Gasteiger partial charge in [0.2, 0.25) is 0 Å². The van der Waals surface area contributed by atoms with Crippen molar-refractivity contribution in [1.29, 1.82) is 0 Å². The van der Waals surface area contributed by atoms with E-state index < -0.39 is 6.10 Å². The normalized spacial score (nSPS) is 17.8. The van der Waals surface area contributed by atoms with Gasteiger partial charge in [0.05, 0.1) is 18.2 Å². The number of fused-ring (bicyclic) bond motifs is 3. The van der Waals surface area contributed by atoms with Crippen LogP contribution in [0.2, 0.25) is 0 Å². The number of aliphatic hydroxyl groups excluding tert-OH is 1. The monoisotopic (exact) mass is 340 g/mol. The van der Waals surface area contributed by atoms with Crippen LogP contribution in [0.25, 0.3) is 21.8 Å². The predicted molar refractivity (Wildman–Crippen MR) is 103 cm³/mol. The number of para-hydroxylation sites is 2. The maximum absolute atomic E-state index is 11.1. The fourth-order valence-electron chi connectivity index (χ4n) is 3.66. The summed E-state index contributed by atoms with van der Waals surface area (Å²) in [5.74, 6) is 1.16. The Kier molecular flexibility index (Phi) is 4.07. The zero-order valence-electron chi connectivity index (χ0n) is 14.3. The van der Waals surface area contributed by atoms with Gasteiger partial charge in [0, 0.05) is 34.1 Å². The van der Waals surface area contributed by atoms with E-state index in [0.29, 0.717) is 6.54 Å². The average molecular weight is 340 g/mol. The van der Waals surface area contributed by atoms with Gasteiger partial charge < -0.3 is 9.67 Å². The van der Waals surface area contributed by atoms with Crippen LogP contribution in [-0.4, -0.2) is 37.9 Å². The fraction of sp³-hybridized carbons (Fsp3) is 0.400. The summed E-state index contributed by atoms with van der Waals surface area (Å²) in [6.45, 7) is 5.98. The van der Waals surface area contributed by atoms with Gasteiger partial charge in [0.15, 0.2) is 0 Å². The molecule has 0 radical (unpaired) electrons. The molecule has 1 atom stereocenters. The summed E-state index contributed by atoms with van der Waals surface area (Å²) < 4.78 is 4.63. The van der Waals surface area contributed by atoms with Crippen LogP contribution in [0.3, 0.4) is 0 Å². The Morgan fingerprint density at radius 3 is 2.17 bits per heavy atom. The molecule has 1 N–H and O–H groups in total. The van der Waals surface area contributed by atoms with Crippen molar-refractivity contribution in [3.05, 3.63) is 48.5 Å². The largest absolute Gasteiger partial charge is 0.389 e. The van der Waals surface area contributed by atoms with Crippen molar-refractivity contribution in [3.8, 4) is 0 Å². The highest BCUT2D eigenvalue weighted by Crippen LogP contribution is 2.34. The average Bonchev–Trinajstić information content (AvgIpc) is 3.23. The SMILES string of the molecule is CC(C)(C(O)Cn1c2ccccc2c2ccccc21)N1CCCS1. The van der Waals surface area contributed by atoms with Gasteiger partial charge in [-0.1, -0.05) is 48.3 Å². The Hall–Kier alpha value is -1.49. The third-order valence-electron chi connectivity index (χ3n) is 5.25. The van der Waals surface area contributed by atoms with E-state index in [9.17, 15) is 5.11 Å². The Balaban J connectivity index is 1.75. The number of benzene rings is 2. The van der Waals surface area contributed by atoms with Gasteiger partial charge in [-0.05, 0) is 32.4 Å². The van der Waals surface area contributed by atoms with Crippen molar-refractivity contribution >= 4 is 33.8 Å². The first kappa shape index (κ1) is 16.0. The van der Waals surface area contributed by atoms with Crippen molar-refractivity contribution in [2.75, 3.05) is 12.3 Å². The highest BCUT2D eigenvalue weighted by Gasteiger charge is 2.37. The van der Waals surface area contributed by atoms with Crippen LogP contribution in [0.4, 0.5) is 0 Å². The minimum atomic E-state index is -0.428. The molecule has 1 saturated heterocycles. The number of aromatic nitrogens is 1. The summed E-state index contributed by atoms with van der Waals surface area (Å²) in [4.78, 5) is 0. The zero-order chi connectivity index (χ0) is 16.7. The lowest BCUT2D eigenvalue weighted by molar-refractivity contribution is 0.0310. The first-order valence-electron chi connectivity index (χ1n) is 8.63. The molecule has 0 aliphatic carbocycles. The number of aliphatic hydroxyl groups is 1. The third kappa shape index (κ3) is 2.53. The highest BCUT2D eigenvalue weighted by atomic mass is 32.2. The maximum atomic E-state index is 11.1. The second-order valence-electron chi connectivity index (χ2n) is 7.10. The summed E-state index contributed by atoms with van der Waals surface area (Å²) in [5, 5.41) is 13.6. The van der Waals surface area contributed by atoms with E-state index in [0.717, 1.165) is 12.3 Å². The van der Waals surface area contributed by atoms with Crippen molar-refractivity contribution < 1.29 is 5.11 Å². The van der Waals surface area contributed by atoms with E-state index in [-0.39, 0.29) is 5.54 Å². The molecule has 0 bridgehead atoms. The molecule has 1 unspecified atom stereocenters. The van der Waals surface area contributed by atoms with Gasteiger partial charge in [0.1, 0.15) is 0 Å². The summed E-state index contributed by atoms with van der Waals surface area (Å²) in [6, 6.07) is 17.0. The molecule has 126 valence electrons. The maximum Gasteiger partial charge on any atom is 0.0906 e. The van der Waals surface area contributed by atoms with Crippen molar-refractivity contribution in [2.45, 2.75) is 38.5 Å². The summed E-state index contributed by atoms with van der Waals surface area (Å²) in [6.07, 6.45) is 0.776. The highest BCUT2D eigenvalue weighted by molar-refractivity contribution is 7.97. The van der Waals surface area contributed by atoms with Crippen LogP contribution in [0, 0.1) is 0 Å². The van der Waals surface area contributed by atoms with E-state index in [1.165, 1.54) is 28.2 Å². The van der Waals surface area contributed by atoms with Crippen LogP contribution in [0.5, 0.6) is 0 Å². The summed E-state index contributed by atoms with van der Waals surface area (Å²) in [5.41, 5.74) is 2.15. The van der Waals surface area contributed by atoms with Gasteiger partial charge in [0.25, 0.3) is 0 Å². The van der Waals surface area contributed by atoms with E-state index in [2.05, 4.69) is 71.3 Å². The topological polar surface area (TPSA) is 28.4 Å². The minimum Gasteiger partial charge on any atom is -0.389 e. The Bertz CT molecular complexity index is 811. The molecule has 24 heavy (non-hydrogen) atoms. The standard InChI is InChI=1S/C20H24N2OS/c1-20(2,22-12-7-13-24-22)19(23)14-21-17-10-5-3-8-15(17)16-9-4-6-11-18(16)21/h3-6,8-11,19,23H,7,12-14H2,1-2H3. The number of hydrogen-bond acceptors (Lipinski definition) is 3. The molecule has 3 nitrogen and oxygen atoms in total. The second-order valence-corrected chi connectivity index (χ2v) is 8.21. The predicted octanol–water partition coefficient (Wildman–Crippen LogP) is 4.29. The Morgan fingerprint density at radius 1 is 1.04 bits per heavy atom. The molecule has 1 aromatic heterocycles. The van der Waals surface area contributed by atoms with Gasteiger partial charge in [-0.3, -0.25) is 0 Å². The fourth-order valence-corrected chi connectivity index (χ4v) is 4.86. The molecule has 0 spiro atoms. The number of rotatable bonds is 4. The van der Waals surface area contributed by atoms with Gasteiger partial charge in [-0.25, -0.2) is 4.31 Å². The smallest absolute Gasteiger partial charge is 0.0906 e. The van der Waals surface area contributed by atoms with Crippen LogP contribution < -0.4 is 0 Å². The lowest BCUT2D eigenvalue weighted by Crippen LogP contribution is -2.49. The second kappa shape index (κ2) is 6.10. The molecular formula is C20H24N2OS. The van der Waals surface area contributed by atoms with Crippen LogP contribution in [-0.2, 0) is 6.54 Å². The quantitative estimate of drug-likeness (QED) is 0.718. The molecule has 4 rings (SSSR count). The lowest BCUT2D eigenvalue weighted by atomic mass is 9.96. The zero-order valence-corrected chi connectivity index (χ0v) is 15.1. The van der Waals surface area contributed by atoms with Crippen LogP contribution >= 0.6 is 11.9 Å². The summed E-state index contributed by atoms with van der Waals surface area (Å²) in [7, 11) is 0. The number of nitrogens with zero attached hydrogens (tertiary/aromatic N) is 2. The first-order valence-corrected chi connectivity index (χ1v) is 9.58. The van der Waals surface area contributed by atoms with E-state index in [4.69, 9.17) is 0 Å². The van der Waals surface area contributed by atoms with Gasteiger partial charge in [-0.2, -0.15) is 0 Å². The first-order chi connectivity index (χ1) is 11.6.